The fourth-order valence-electron chi connectivity index (χ4n) is 5.69. The summed E-state index contributed by atoms with van der Waals surface area (Å²) in [5, 5.41) is 1.20. The smallest absolute Gasteiger partial charge is 0.202 e. The van der Waals surface area contributed by atoms with E-state index in [4.69, 9.17) is 4.98 Å². The molecule has 0 N–H and O–H groups in total. The van der Waals surface area contributed by atoms with Crippen LogP contribution >= 0.6 is 11.3 Å². The third-order valence-electron chi connectivity index (χ3n) is 7.94. The van der Waals surface area contributed by atoms with Crippen molar-refractivity contribution in [2.45, 2.75) is 26.2 Å². The van der Waals surface area contributed by atoms with Crippen LogP contribution in [0.1, 0.15) is 22.3 Å². The Hall–Kier alpha value is -5.06. The fourth-order valence-corrected chi connectivity index (χ4v) is 6.72. The molecule has 0 radical (unpaired) electrons. The van der Waals surface area contributed by atoms with Gasteiger partial charge >= 0.3 is 0 Å². The van der Waals surface area contributed by atoms with Gasteiger partial charge in [-0.2, -0.15) is 0 Å². The van der Waals surface area contributed by atoms with Gasteiger partial charge in [0.25, 0.3) is 0 Å². The molecule has 5 aromatic carbocycles. The highest BCUT2D eigenvalue weighted by molar-refractivity contribution is 7.21. The van der Waals surface area contributed by atoms with Crippen LogP contribution < -0.4 is 14.8 Å². The van der Waals surface area contributed by atoms with E-state index in [0.717, 1.165) is 37.4 Å². The highest BCUT2D eigenvalue weighted by atomic mass is 32.1. The number of hydrogen-bond acceptors (Lipinski definition) is 3. The van der Waals surface area contributed by atoms with Crippen molar-refractivity contribution in [1.29, 1.82) is 0 Å². The average molecular weight is 589 g/mol. The Balaban J connectivity index is 1.30. The number of aromatic nitrogens is 1. The quantitative estimate of drug-likeness (QED) is 0.124. The second-order valence-electron chi connectivity index (χ2n) is 11.2. The number of nitrogens with zero attached hydrogens (tertiary/aromatic N) is 3. The lowest BCUT2D eigenvalue weighted by atomic mass is 10.1. The molecule has 0 bridgehead atoms. The van der Waals surface area contributed by atoms with Crippen molar-refractivity contribution >= 4 is 27.2 Å². The minimum Gasteiger partial charge on any atom is -0.363 e. The summed E-state index contributed by atoms with van der Waals surface area (Å²) < 4.78 is 3.65. The second-order valence-corrected chi connectivity index (χ2v) is 12.3. The molecule has 3 nitrogen and oxygen atoms in total. The molecule has 0 atom stereocenters. The topological polar surface area (TPSA) is 19.1 Å². The van der Waals surface area contributed by atoms with Gasteiger partial charge in [-0.3, -0.25) is 0 Å². The molecule has 2 aliphatic rings. The predicted octanol–water partition coefficient (Wildman–Crippen LogP) is 8.78. The van der Waals surface area contributed by atoms with Crippen LogP contribution in [0.5, 0.6) is 0 Å². The van der Waals surface area contributed by atoms with Gasteiger partial charge in [-0.1, -0.05) is 121 Å². The fraction of sp³-hybridized carbons (Fsp3) is 0.100. The minimum absolute atomic E-state index is 0.838. The van der Waals surface area contributed by atoms with Gasteiger partial charge < -0.3 is 4.90 Å². The van der Waals surface area contributed by atoms with Crippen molar-refractivity contribution in [2.24, 2.45) is 0 Å². The normalized spacial score (nSPS) is 11.1. The molecule has 1 heterocycles. The Labute approximate surface area is 263 Å². The van der Waals surface area contributed by atoms with Gasteiger partial charge in [-0.05, 0) is 35.4 Å². The molecular weight excluding hydrogens is 555 g/mol. The molecule has 0 fully saturated rings. The molecule has 1 aliphatic heterocycles. The van der Waals surface area contributed by atoms with Crippen LogP contribution in [0.3, 0.4) is 0 Å². The molecule has 7 rings (SSSR count). The highest BCUT2D eigenvalue weighted by Gasteiger charge is 2.15. The second kappa shape index (κ2) is 13.1. The van der Waals surface area contributed by atoms with Gasteiger partial charge in [0, 0.05) is 42.0 Å². The summed E-state index contributed by atoms with van der Waals surface area (Å²) in [5.74, 6) is 0. The van der Waals surface area contributed by atoms with Crippen molar-refractivity contribution in [3.05, 3.63) is 185 Å². The van der Waals surface area contributed by atoms with Crippen LogP contribution in [0.4, 0.5) is 5.69 Å². The van der Waals surface area contributed by atoms with Crippen molar-refractivity contribution in [3.8, 4) is 10.6 Å². The van der Waals surface area contributed by atoms with Crippen LogP contribution in [-0.2, 0) is 26.2 Å². The van der Waals surface area contributed by atoms with Crippen LogP contribution in [0.25, 0.3) is 20.8 Å². The third kappa shape index (κ3) is 6.61. The Morgan fingerprint density at radius 1 is 0.523 bits per heavy atom. The third-order valence-corrected chi connectivity index (χ3v) is 9.04. The molecule has 44 heavy (non-hydrogen) atoms. The lowest BCUT2D eigenvalue weighted by Gasteiger charge is -2.25. The first kappa shape index (κ1) is 27.8. The number of fused-ring (bicyclic) bond motifs is 2. The van der Waals surface area contributed by atoms with E-state index in [-0.39, 0.29) is 0 Å². The Morgan fingerprint density at radius 3 is 1.59 bits per heavy atom. The number of benzene rings is 6. The van der Waals surface area contributed by atoms with Crippen molar-refractivity contribution in [3.63, 3.8) is 0 Å². The number of rotatable bonds is 9. The van der Waals surface area contributed by atoms with E-state index >= 15 is 0 Å². The van der Waals surface area contributed by atoms with E-state index in [2.05, 4.69) is 167 Å². The maximum atomic E-state index is 5.09. The zero-order valence-corrected chi connectivity index (χ0v) is 25.4. The molecule has 5 aromatic rings. The summed E-state index contributed by atoms with van der Waals surface area (Å²) in [5.41, 5.74) is 8.45. The standard InChI is InChI=1S/C40H34N3S/c1-5-13-31(14-6-1)27-42(28-32-15-7-2-8-16-32)35-21-23-37-39(25-35)44-40-26-36(22-24-38(40)41-37)43(29-33-17-9-3-10-18-33)30-34-19-11-4-12-20-34/h1-26H,27-30H2/q+1. The Bertz CT molecular complexity index is 1920. The Morgan fingerprint density at radius 2 is 1.05 bits per heavy atom. The van der Waals surface area contributed by atoms with Crippen molar-refractivity contribution in [1.82, 2.24) is 9.56 Å². The van der Waals surface area contributed by atoms with E-state index in [1.54, 1.807) is 0 Å². The zero-order valence-electron chi connectivity index (χ0n) is 24.6. The summed E-state index contributed by atoms with van der Waals surface area (Å²) in [6.45, 7) is 3.35. The average Bonchev–Trinajstić information content (AvgIpc) is 3.08. The van der Waals surface area contributed by atoms with Crippen LogP contribution in [0.15, 0.2) is 158 Å². The lowest BCUT2D eigenvalue weighted by Crippen LogP contribution is -2.29. The van der Waals surface area contributed by atoms with E-state index in [1.165, 1.54) is 42.9 Å². The summed E-state index contributed by atoms with van der Waals surface area (Å²) >= 11 is 1.82. The Kier molecular flexibility index (Phi) is 8.24. The van der Waals surface area contributed by atoms with Gasteiger partial charge in [0.15, 0.2) is 13.1 Å². The van der Waals surface area contributed by atoms with E-state index in [1.807, 2.05) is 11.3 Å². The van der Waals surface area contributed by atoms with Gasteiger partial charge in [0.05, 0.1) is 20.8 Å². The first-order valence-electron chi connectivity index (χ1n) is 15.1. The van der Waals surface area contributed by atoms with Crippen LogP contribution in [0.2, 0.25) is 0 Å². The summed E-state index contributed by atoms with van der Waals surface area (Å²) in [7, 11) is 0. The van der Waals surface area contributed by atoms with Gasteiger partial charge in [-0.15, -0.1) is 11.3 Å². The van der Waals surface area contributed by atoms with Crippen molar-refractivity contribution < 1.29 is 0 Å². The SMILES string of the molecule is c1ccc(CN(Cc2ccccc2)c2ccc3nc4ccc(=[N+](Cc5ccccc5)Cc5ccccc5)cc-4sc3c2)cc1. The predicted molar refractivity (Wildman–Crippen MR) is 185 cm³/mol. The molecule has 0 amide bonds. The zero-order chi connectivity index (χ0) is 29.6. The number of anilines is 1. The van der Waals surface area contributed by atoms with Gasteiger partial charge in [0.2, 0.25) is 5.36 Å². The molecule has 0 saturated carbocycles. The van der Waals surface area contributed by atoms with Crippen LogP contribution in [-0.4, -0.2) is 4.98 Å². The molecular formula is C40H34N3S+. The van der Waals surface area contributed by atoms with Crippen molar-refractivity contribution in [2.75, 3.05) is 4.90 Å². The lowest BCUT2D eigenvalue weighted by molar-refractivity contribution is 0.565. The first-order valence-corrected chi connectivity index (χ1v) is 15.9. The first-order chi connectivity index (χ1) is 21.8. The minimum atomic E-state index is 0.838. The summed E-state index contributed by atoms with van der Waals surface area (Å²) in [6, 6.07) is 56.3. The highest BCUT2D eigenvalue weighted by Crippen LogP contribution is 2.33. The van der Waals surface area contributed by atoms with E-state index < -0.39 is 0 Å². The number of hydrogen-bond donors (Lipinski definition) is 0. The molecule has 1 aliphatic carbocycles. The largest absolute Gasteiger partial charge is 0.363 e. The molecule has 0 spiro atoms. The van der Waals surface area contributed by atoms with E-state index in [9.17, 15) is 0 Å². The van der Waals surface area contributed by atoms with Gasteiger partial charge in [0.1, 0.15) is 0 Å². The van der Waals surface area contributed by atoms with Crippen LogP contribution in [0, 0.1) is 0 Å². The maximum Gasteiger partial charge on any atom is 0.202 e. The summed E-state index contributed by atoms with van der Waals surface area (Å²) in [4.78, 5) is 8.74. The van der Waals surface area contributed by atoms with Gasteiger partial charge in [-0.25, -0.2) is 9.56 Å². The van der Waals surface area contributed by atoms with E-state index in [0.29, 0.717) is 0 Å². The monoisotopic (exact) mass is 588 g/mol. The molecule has 0 saturated heterocycles. The molecule has 0 aromatic heterocycles. The molecule has 4 heteroatoms. The molecule has 0 unspecified atom stereocenters. The summed E-state index contributed by atoms with van der Waals surface area (Å²) in [6.07, 6.45) is 0. The maximum absolute atomic E-state index is 5.09. The molecule has 214 valence electrons.